The topological polar surface area (TPSA) is 100.0 Å². The van der Waals surface area contributed by atoms with Gasteiger partial charge >= 0.3 is 0 Å². The van der Waals surface area contributed by atoms with Gasteiger partial charge in [0.1, 0.15) is 10.4 Å². The molecule has 2 N–H and O–H groups in total. The molecule has 0 saturated heterocycles. The third kappa shape index (κ3) is 3.02. The molecule has 0 aliphatic rings. The van der Waals surface area contributed by atoms with E-state index in [1.807, 2.05) is 27.7 Å². The van der Waals surface area contributed by atoms with Crippen molar-refractivity contribution in [1.82, 2.24) is 19.7 Å². The molecule has 0 spiro atoms. The van der Waals surface area contributed by atoms with Gasteiger partial charge in [-0.15, -0.1) is 5.10 Å². The van der Waals surface area contributed by atoms with Gasteiger partial charge in [0.25, 0.3) is 5.89 Å². The van der Waals surface area contributed by atoms with Gasteiger partial charge in [-0.05, 0) is 31.3 Å². The van der Waals surface area contributed by atoms with Gasteiger partial charge in [0.2, 0.25) is 0 Å². The zero-order valence-corrected chi connectivity index (χ0v) is 12.9. The van der Waals surface area contributed by atoms with E-state index >= 15 is 0 Å². The summed E-state index contributed by atoms with van der Waals surface area (Å²) in [6, 6.07) is 0. The molecule has 2 aromatic rings. The van der Waals surface area contributed by atoms with Crippen LogP contribution in [0.1, 0.15) is 45.1 Å². The molecule has 2 rings (SSSR count). The van der Waals surface area contributed by atoms with Crippen molar-refractivity contribution in [2.24, 2.45) is 5.73 Å². The van der Waals surface area contributed by atoms with E-state index in [9.17, 15) is 0 Å². The molecule has 110 valence electrons. The van der Waals surface area contributed by atoms with Gasteiger partial charge in [-0.25, -0.2) is 0 Å². The highest BCUT2D eigenvalue weighted by Gasteiger charge is 2.29. The summed E-state index contributed by atoms with van der Waals surface area (Å²) in [6.45, 7) is 8.73. The Kier molecular flexibility index (Phi) is 4.46. The highest BCUT2D eigenvalue weighted by molar-refractivity contribution is 7.09. The van der Waals surface area contributed by atoms with Crippen LogP contribution in [0.15, 0.2) is 4.52 Å². The van der Waals surface area contributed by atoms with Crippen LogP contribution in [0, 0.1) is 0 Å². The van der Waals surface area contributed by atoms with Gasteiger partial charge in [0, 0.05) is 6.61 Å². The molecule has 8 heteroatoms. The van der Waals surface area contributed by atoms with Crippen molar-refractivity contribution in [2.75, 3.05) is 13.2 Å². The predicted octanol–water partition coefficient (Wildman–Crippen LogP) is 1.92. The highest BCUT2D eigenvalue weighted by Crippen LogP contribution is 2.30. The molecule has 0 bridgehead atoms. The molecular weight excluding hydrogens is 278 g/mol. The molecule has 0 aliphatic carbocycles. The maximum absolute atomic E-state index is 6.15. The van der Waals surface area contributed by atoms with Crippen molar-refractivity contribution in [3.63, 3.8) is 0 Å². The molecule has 1 atom stereocenters. The van der Waals surface area contributed by atoms with E-state index in [1.54, 1.807) is 0 Å². The lowest BCUT2D eigenvalue weighted by Crippen LogP contribution is -2.39. The second-order valence-electron chi connectivity index (χ2n) is 5.12. The first kappa shape index (κ1) is 15.0. The third-order valence-electron chi connectivity index (χ3n) is 2.80. The van der Waals surface area contributed by atoms with E-state index in [4.69, 9.17) is 15.0 Å². The number of rotatable bonds is 6. The second-order valence-corrected chi connectivity index (χ2v) is 5.87. The van der Waals surface area contributed by atoms with E-state index in [2.05, 4.69) is 19.7 Å². The van der Waals surface area contributed by atoms with Gasteiger partial charge in [-0.1, -0.05) is 23.5 Å². The highest BCUT2D eigenvalue weighted by atomic mass is 32.1. The summed E-state index contributed by atoms with van der Waals surface area (Å²) in [5.41, 5.74) is 6.22. The number of ether oxygens (including phenoxy) is 1. The molecule has 20 heavy (non-hydrogen) atoms. The average Bonchev–Trinajstić information content (AvgIpc) is 3.03. The van der Waals surface area contributed by atoms with Crippen LogP contribution in [-0.4, -0.2) is 32.9 Å². The third-order valence-corrected chi connectivity index (χ3v) is 3.53. The minimum absolute atomic E-state index is 0.242. The van der Waals surface area contributed by atoms with Crippen molar-refractivity contribution in [1.29, 1.82) is 0 Å². The first-order valence-electron chi connectivity index (χ1n) is 6.49. The maximum atomic E-state index is 6.15. The summed E-state index contributed by atoms with van der Waals surface area (Å²) >= 11 is 1.24. The molecule has 2 aromatic heterocycles. The van der Waals surface area contributed by atoms with Crippen LogP contribution in [0.2, 0.25) is 0 Å². The summed E-state index contributed by atoms with van der Waals surface area (Å²) in [5, 5.41) is 8.06. The Balaban J connectivity index is 2.26. The molecule has 0 amide bonds. The molecule has 1 unspecified atom stereocenters. The molecule has 0 aromatic carbocycles. The molecule has 2 heterocycles. The minimum Gasteiger partial charge on any atom is -0.379 e. The molecule has 7 nitrogen and oxygen atoms in total. The molecular formula is C12H19N5O2S. The second kappa shape index (κ2) is 5.94. The SMILES string of the molecule is CCOCC(C)(N)c1noc(-c2snnc2C(C)C)n1. The van der Waals surface area contributed by atoms with Crippen LogP contribution < -0.4 is 5.73 Å². The lowest BCUT2D eigenvalue weighted by atomic mass is 10.1. The number of nitrogens with zero attached hydrogens (tertiary/aromatic N) is 4. The Labute approximate surface area is 121 Å². The van der Waals surface area contributed by atoms with Crippen molar-refractivity contribution in [3.05, 3.63) is 11.5 Å². The van der Waals surface area contributed by atoms with Crippen molar-refractivity contribution >= 4 is 11.5 Å². The first-order valence-corrected chi connectivity index (χ1v) is 7.26. The summed E-state index contributed by atoms with van der Waals surface area (Å²) in [4.78, 5) is 5.17. The molecule has 0 fully saturated rings. The standard InChI is InChI=1S/C12H19N5O2S/c1-5-18-6-12(4,13)11-14-10(19-16-11)9-8(7(2)3)15-17-20-9/h7H,5-6,13H2,1-4H3. The van der Waals surface area contributed by atoms with E-state index in [0.717, 1.165) is 10.6 Å². The fourth-order valence-electron chi connectivity index (χ4n) is 1.65. The van der Waals surface area contributed by atoms with Crippen LogP contribution in [0.5, 0.6) is 0 Å². The summed E-state index contributed by atoms with van der Waals surface area (Å²) in [6.07, 6.45) is 0. The zero-order chi connectivity index (χ0) is 14.8. The number of nitrogens with two attached hydrogens (primary N) is 1. The van der Waals surface area contributed by atoms with Gasteiger partial charge in [0.15, 0.2) is 5.82 Å². The molecule has 0 radical (unpaired) electrons. The minimum atomic E-state index is -0.784. The monoisotopic (exact) mass is 297 g/mol. The van der Waals surface area contributed by atoms with Crippen LogP contribution in [0.3, 0.4) is 0 Å². The average molecular weight is 297 g/mol. The zero-order valence-electron chi connectivity index (χ0n) is 12.1. The van der Waals surface area contributed by atoms with Crippen molar-refractivity contribution in [3.8, 4) is 10.8 Å². The molecule has 0 saturated carbocycles. The van der Waals surface area contributed by atoms with Crippen LogP contribution in [0.25, 0.3) is 10.8 Å². The van der Waals surface area contributed by atoms with E-state index in [1.165, 1.54) is 11.5 Å². The predicted molar refractivity (Wildman–Crippen MR) is 75.3 cm³/mol. The van der Waals surface area contributed by atoms with Crippen LogP contribution >= 0.6 is 11.5 Å². The summed E-state index contributed by atoms with van der Waals surface area (Å²) in [5.74, 6) is 1.07. The van der Waals surface area contributed by atoms with E-state index in [0.29, 0.717) is 24.9 Å². The number of hydrogen-bond donors (Lipinski definition) is 1. The normalized spacial score (nSPS) is 14.7. The fraction of sp³-hybridized carbons (Fsp3) is 0.667. The quantitative estimate of drug-likeness (QED) is 0.869. The lowest BCUT2D eigenvalue weighted by molar-refractivity contribution is 0.0962. The first-order chi connectivity index (χ1) is 9.45. The number of hydrogen-bond acceptors (Lipinski definition) is 8. The van der Waals surface area contributed by atoms with E-state index in [-0.39, 0.29) is 5.92 Å². The van der Waals surface area contributed by atoms with Gasteiger partial charge in [0.05, 0.1) is 12.3 Å². The molecule has 0 aliphatic heterocycles. The smallest absolute Gasteiger partial charge is 0.271 e. The Morgan fingerprint density at radius 1 is 1.45 bits per heavy atom. The Hall–Kier alpha value is -1.38. The maximum Gasteiger partial charge on any atom is 0.271 e. The Morgan fingerprint density at radius 3 is 2.85 bits per heavy atom. The summed E-state index contributed by atoms with van der Waals surface area (Å²) < 4.78 is 14.6. The van der Waals surface area contributed by atoms with Crippen LogP contribution in [0.4, 0.5) is 0 Å². The summed E-state index contributed by atoms with van der Waals surface area (Å²) in [7, 11) is 0. The van der Waals surface area contributed by atoms with E-state index < -0.39 is 5.54 Å². The Morgan fingerprint density at radius 2 is 2.20 bits per heavy atom. The van der Waals surface area contributed by atoms with Crippen LogP contribution in [-0.2, 0) is 10.3 Å². The van der Waals surface area contributed by atoms with Gasteiger partial charge < -0.3 is 15.0 Å². The van der Waals surface area contributed by atoms with Crippen molar-refractivity contribution in [2.45, 2.75) is 39.2 Å². The lowest BCUT2D eigenvalue weighted by Gasteiger charge is -2.19. The van der Waals surface area contributed by atoms with Gasteiger partial charge in [-0.3, -0.25) is 0 Å². The van der Waals surface area contributed by atoms with Crippen molar-refractivity contribution < 1.29 is 9.26 Å². The fourth-order valence-corrected chi connectivity index (χ4v) is 2.39. The Bertz CT molecular complexity index is 564. The number of aromatic nitrogens is 4. The largest absolute Gasteiger partial charge is 0.379 e. The van der Waals surface area contributed by atoms with Gasteiger partial charge in [-0.2, -0.15) is 4.98 Å².